The lowest BCUT2D eigenvalue weighted by molar-refractivity contribution is -0.121. The van der Waals surface area contributed by atoms with Crippen LogP contribution in [0.3, 0.4) is 0 Å². The van der Waals surface area contributed by atoms with Crippen LogP contribution >= 0.6 is 23.1 Å². The number of amides is 1. The van der Waals surface area contributed by atoms with Crippen molar-refractivity contribution in [1.29, 1.82) is 0 Å². The van der Waals surface area contributed by atoms with Gasteiger partial charge in [-0.25, -0.2) is 4.98 Å². The second-order valence-electron chi connectivity index (χ2n) is 5.48. The molecule has 2 heterocycles. The number of nitrogens with zero attached hydrogens (tertiary/aromatic N) is 3. The van der Waals surface area contributed by atoms with Gasteiger partial charge < -0.3 is 4.90 Å². The second kappa shape index (κ2) is 8.99. The van der Waals surface area contributed by atoms with Gasteiger partial charge in [-0.1, -0.05) is 24.3 Å². The Morgan fingerprint density at radius 2 is 2.33 bits per heavy atom. The molecule has 0 bridgehead atoms. The zero-order valence-corrected chi connectivity index (χ0v) is 16.0. The number of pyridine rings is 1. The highest BCUT2D eigenvalue weighted by Crippen LogP contribution is 2.34. The van der Waals surface area contributed by atoms with Crippen molar-refractivity contribution in [2.75, 3.05) is 23.5 Å². The Balaban J connectivity index is 2.16. The lowest BCUT2D eigenvalue weighted by atomic mass is 10.1. The van der Waals surface area contributed by atoms with Crippen molar-refractivity contribution in [3.8, 4) is 10.6 Å². The van der Waals surface area contributed by atoms with Crippen molar-refractivity contribution in [2.45, 2.75) is 20.3 Å². The van der Waals surface area contributed by atoms with Crippen molar-refractivity contribution >= 4 is 34.0 Å². The average molecular weight is 362 g/mol. The first-order chi connectivity index (χ1) is 11.6. The van der Waals surface area contributed by atoms with Gasteiger partial charge in [-0.2, -0.15) is 11.8 Å². The average Bonchev–Trinajstić information content (AvgIpc) is 3.00. The highest BCUT2D eigenvalue weighted by atomic mass is 32.2. The van der Waals surface area contributed by atoms with Gasteiger partial charge in [-0.15, -0.1) is 6.58 Å². The first kappa shape index (κ1) is 18.7. The number of aryl methyl sites for hydroxylation is 1. The number of carbonyl (C=O) groups is 1. The molecule has 0 aliphatic carbocycles. The molecule has 1 amide bonds. The van der Waals surface area contributed by atoms with Crippen molar-refractivity contribution in [3.63, 3.8) is 0 Å². The highest BCUT2D eigenvalue weighted by molar-refractivity contribution is 7.99. The third kappa shape index (κ3) is 4.45. The molecule has 0 spiro atoms. The molecule has 24 heavy (non-hydrogen) atoms. The van der Waals surface area contributed by atoms with Gasteiger partial charge in [-0.3, -0.25) is 9.78 Å². The van der Waals surface area contributed by atoms with E-state index in [2.05, 4.69) is 23.5 Å². The van der Waals surface area contributed by atoms with E-state index in [0.29, 0.717) is 0 Å². The highest BCUT2D eigenvalue weighted by Gasteiger charge is 2.24. The molecule has 0 N–H and O–H groups in total. The minimum Gasteiger partial charge on any atom is -0.305 e. The van der Waals surface area contributed by atoms with E-state index in [0.717, 1.165) is 39.2 Å². The Morgan fingerprint density at radius 1 is 1.54 bits per heavy atom. The molecule has 128 valence electrons. The Labute approximate surface area is 152 Å². The summed E-state index contributed by atoms with van der Waals surface area (Å²) in [4.78, 5) is 23.3. The summed E-state index contributed by atoms with van der Waals surface area (Å²) in [7, 11) is 1.84. The number of thiazole rings is 1. The Hall–Kier alpha value is -1.66. The molecule has 0 fully saturated rings. The van der Waals surface area contributed by atoms with E-state index in [1.165, 1.54) is 11.3 Å². The predicted octanol–water partition coefficient (Wildman–Crippen LogP) is 4.42. The van der Waals surface area contributed by atoms with Crippen molar-refractivity contribution < 1.29 is 4.79 Å². The van der Waals surface area contributed by atoms with E-state index in [1.54, 1.807) is 29.1 Å². The van der Waals surface area contributed by atoms with E-state index in [9.17, 15) is 4.79 Å². The first-order valence-electron chi connectivity index (χ1n) is 7.92. The standard InChI is InChI=1S/C18H23N3OS2/c1-5-10-23-12-14(6-2)17(22)21(4)18-13(3)20-16(24-18)15-8-7-9-19-11-15/h5,7-9,11,14H,1,6,10,12H2,2-4H3. The summed E-state index contributed by atoms with van der Waals surface area (Å²) in [5, 5.41) is 1.80. The topological polar surface area (TPSA) is 46.1 Å². The fourth-order valence-electron chi connectivity index (χ4n) is 2.34. The summed E-state index contributed by atoms with van der Waals surface area (Å²) in [5.41, 5.74) is 1.86. The first-order valence-corrected chi connectivity index (χ1v) is 9.89. The fourth-order valence-corrected chi connectivity index (χ4v) is 4.33. The van der Waals surface area contributed by atoms with Gasteiger partial charge in [0, 0.05) is 42.4 Å². The third-order valence-electron chi connectivity index (χ3n) is 3.71. The van der Waals surface area contributed by atoms with E-state index in [1.807, 2.05) is 32.2 Å². The van der Waals surface area contributed by atoms with Crippen LogP contribution in [-0.4, -0.2) is 34.4 Å². The van der Waals surface area contributed by atoms with Gasteiger partial charge in [0.25, 0.3) is 0 Å². The normalized spacial score (nSPS) is 12.0. The van der Waals surface area contributed by atoms with Gasteiger partial charge in [0.1, 0.15) is 10.0 Å². The molecule has 1 unspecified atom stereocenters. The fraction of sp³-hybridized carbons (Fsp3) is 0.389. The number of rotatable bonds is 8. The molecular weight excluding hydrogens is 338 g/mol. The van der Waals surface area contributed by atoms with Crippen LogP contribution in [0.5, 0.6) is 0 Å². The van der Waals surface area contributed by atoms with Gasteiger partial charge >= 0.3 is 0 Å². The number of hydrogen-bond acceptors (Lipinski definition) is 5. The lowest BCUT2D eigenvalue weighted by Gasteiger charge is -2.21. The molecule has 1 atom stereocenters. The maximum atomic E-state index is 12.8. The van der Waals surface area contributed by atoms with Crippen LogP contribution < -0.4 is 4.90 Å². The predicted molar refractivity (Wildman–Crippen MR) is 105 cm³/mol. The molecule has 4 nitrogen and oxygen atoms in total. The smallest absolute Gasteiger partial charge is 0.231 e. The summed E-state index contributed by atoms with van der Waals surface area (Å²) in [5.74, 6) is 1.86. The van der Waals surface area contributed by atoms with E-state index in [-0.39, 0.29) is 11.8 Å². The van der Waals surface area contributed by atoms with Crippen LogP contribution in [0.15, 0.2) is 37.2 Å². The van der Waals surface area contributed by atoms with Crippen LogP contribution in [0, 0.1) is 12.8 Å². The molecule has 6 heteroatoms. The monoisotopic (exact) mass is 361 g/mol. The van der Waals surface area contributed by atoms with Crippen molar-refractivity contribution in [1.82, 2.24) is 9.97 Å². The van der Waals surface area contributed by atoms with Crippen LogP contribution in [0.1, 0.15) is 19.0 Å². The van der Waals surface area contributed by atoms with Gasteiger partial charge in [0.15, 0.2) is 0 Å². The van der Waals surface area contributed by atoms with Crippen LogP contribution in [0.4, 0.5) is 5.00 Å². The molecule has 2 aromatic heterocycles. The lowest BCUT2D eigenvalue weighted by Crippen LogP contribution is -2.33. The van der Waals surface area contributed by atoms with Crippen LogP contribution in [-0.2, 0) is 4.79 Å². The van der Waals surface area contributed by atoms with Crippen LogP contribution in [0.2, 0.25) is 0 Å². The van der Waals surface area contributed by atoms with Gasteiger partial charge in [0.2, 0.25) is 5.91 Å². The minimum atomic E-state index is 0.0169. The number of carbonyl (C=O) groups excluding carboxylic acids is 1. The van der Waals surface area contributed by atoms with Gasteiger partial charge in [0.05, 0.1) is 5.69 Å². The van der Waals surface area contributed by atoms with E-state index >= 15 is 0 Å². The zero-order valence-electron chi connectivity index (χ0n) is 14.4. The van der Waals surface area contributed by atoms with Crippen LogP contribution in [0.25, 0.3) is 10.6 Å². The summed E-state index contributed by atoms with van der Waals surface area (Å²) in [6.07, 6.45) is 6.25. The second-order valence-corrected chi connectivity index (χ2v) is 7.53. The Kier molecular flexibility index (Phi) is 6.99. The summed E-state index contributed by atoms with van der Waals surface area (Å²) >= 11 is 3.28. The molecular formula is C18H23N3OS2. The minimum absolute atomic E-state index is 0.0169. The summed E-state index contributed by atoms with van der Waals surface area (Å²) < 4.78 is 0. The molecule has 2 aromatic rings. The molecule has 0 radical (unpaired) electrons. The van der Waals surface area contributed by atoms with Crippen molar-refractivity contribution in [2.24, 2.45) is 5.92 Å². The molecule has 0 aromatic carbocycles. The molecule has 0 aliphatic rings. The Bertz CT molecular complexity index is 685. The SMILES string of the molecule is C=CCSCC(CC)C(=O)N(C)c1sc(-c2cccnc2)nc1C. The Morgan fingerprint density at radius 3 is 2.96 bits per heavy atom. The maximum Gasteiger partial charge on any atom is 0.231 e. The molecule has 0 aliphatic heterocycles. The number of aromatic nitrogens is 2. The third-order valence-corrected chi connectivity index (χ3v) is 6.11. The summed E-state index contributed by atoms with van der Waals surface area (Å²) in [6, 6.07) is 3.88. The van der Waals surface area contributed by atoms with Crippen molar-refractivity contribution in [3.05, 3.63) is 42.9 Å². The zero-order chi connectivity index (χ0) is 17.5. The molecule has 2 rings (SSSR count). The maximum absolute atomic E-state index is 12.8. The molecule has 0 saturated carbocycles. The number of thioether (sulfide) groups is 1. The molecule has 0 saturated heterocycles. The van der Waals surface area contributed by atoms with E-state index in [4.69, 9.17) is 0 Å². The largest absolute Gasteiger partial charge is 0.305 e. The van der Waals surface area contributed by atoms with E-state index < -0.39 is 0 Å². The number of anilines is 1. The van der Waals surface area contributed by atoms with Gasteiger partial charge in [-0.05, 0) is 25.5 Å². The number of hydrogen-bond donors (Lipinski definition) is 0. The quantitative estimate of drug-likeness (QED) is 0.516. The summed E-state index contributed by atoms with van der Waals surface area (Å²) in [6.45, 7) is 7.73.